The van der Waals surface area contributed by atoms with Crippen LogP contribution in [0.1, 0.15) is 35.0 Å². The number of nitrogens with one attached hydrogen (secondary N) is 2. The van der Waals surface area contributed by atoms with E-state index in [-0.39, 0.29) is 0 Å². The molecule has 4 nitrogen and oxygen atoms in total. The van der Waals surface area contributed by atoms with Crippen molar-refractivity contribution in [2.24, 2.45) is 0 Å². The normalized spacial score (nSPS) is 17.9. The molecule has 0 fully saturated rings. The highest BCUT2D eigenvalue weighted by Crippen LogP contribution is 2.31. The number of rotatable bonds is 3. The second-order valence-electron chi connectivity index (χ2n) is 5.02. The van der Waals surface area contributed by atoms with Crippen molar-refractivity contribution in [3.8, 4) is 5.75 Å². The van der Waals surface area contributed by atoms with Crippen LogP contribution in [-0.2, 0) is 6.54 Å². The molecule has 1 aromatic heterocycles. The highest BCUT2D eigenvalue weighted by Gasteiger charge is 2.20. The number of aromatic nitrogens is 2. The summed E-state index contributed by atoms with van der Waals surface area (Å²) in [4.78, 5) is 0. The second kappa shape index (κ2) is 5.05. The molecule has 2 N–H and O–H groups in total. The average Bonchev–Trinajstić information content (AvgIpc) is 2.76. The van der Waals surface area contributed by atoms with Crippen LogP contribution in [0.4, 0.5) is 0 Å². The monoisotopic (exact) mass is 257 g/mol. The molecule has 100 valence electrons. The van der Waals surface area contributed by atoms with Gasteiger partial charge in [0.25, 0.3) is 0 Å². The van der Waals surface area contributed by atoms with Crippen LogP contribution in [0.25, 0.3) is 0 Å². The first kappa shape index (κ1) is 12.2. The smallest absolute Gasteiger partial charge is 0.124 e. The summed E-state index contributed by atoms with van der Waals surface area (Å²) in [6, 6.07) is 8.62. The van der Waals surface area contributed by atoms with Crippen LogP contribution in [0.15, 0.2) is 24.3 Å². The fourth-order valence-corrected chi connectivity index (χ4v) is 2.61. The number of aryl methyl sites for hydroxylation is 2. The maximum atomic E-state index is 5.68. The van der Waals surface area contributed by atoms with E-state index in [2.05, 4.69) is 34.6 Å². The lowest BCUT2D eigenvalue weighted by Gasteiger charge is -2.26. The number of aromatic amines is 1. The molecular weight excluding hydrogens is 238 g/mol. The molecule has 0 radical (unpaired) electrons. The molecule has 0 amide bonds. The van der Waals surface area contributed by atoms with Crippen molar-refractivity contribution in [1.29, 1.82) is 0 Å². The van der Waals surface area contributed by atoms with Gasteiger partial charge in [-0.1, -0.05) is 18.2 Å². The van der Waals surface area contributed by atoms with E-state index in [1.54, 1.807) is 0 Å². The number of para-hydroxylation sites is 1. The zero-order valence-electron chi connectivity index (χ0n) is 11.4. The quantitative estimate of drug-likeness (QED) is 0.888. The molecule has 3 rings (SSSR count). The number of hydrogen-bond acceptors (Lipinski definition) is 3. The van der Waals surface area contributed by atoms with Crippen LogP contribution in [-0.4, -0.2) is 16.8 Å². The third-order valence-corrected chi connectivity index (χ3v) is 3.76. The zero-order chi connectivity index (χ0) is 13.2. The largest absolute Gasteiger partial charge is 0.493 e. The summed E-state index contributed by atoms with van der Waals surface area (Å²) >= 11 is 0. The maximum absolute atomic E-state index is 5.68. The van der Waals surface area contributed by atoms with E-state index in [4.69, 9.17) is 4.74 Å². The lowest BCUT2D eigenvalue weighted by atomic mass is 10.00. The Morgan fingerprint density at radius 2 is 2.21 bits per heavy atom. The van der Waals surface area contributed by atoms with E-state index in [0.717, 1.165) is 36.7 Å². The van der Waals surface area contributed by atoms with Crippen LogP contribution >= 0.6 is 0 Å². The fourth-order valence-electron chi connectivity index (χ4n) is 2.61. The van der Waals surface area contributed by atoms with Gasteiger partial charge in [0.15, 0.2) is 0 Å². The van der Waals surface area contributed by atoms with Crippen LogP contribution in [0.2, 0.25) is 0 Å². The second-order valence-corrected chi connectivity index (χ2v) is 5.02. The molecule has 2 aromatic rings. The zero-order valence-corrected chi connectivity index (χ0v) is 11.4. The number of nitrogens with zero attached hydrogens (tertiary/aromatic N) is 1. The highest BCUT2D eigenvalue weighted by molar-refractivity contribution is 5.37. The average molecular weight is 257 g/mol. The third kappa shape index (κ3) is 2.36. The predicted octanol–water partition coefficient (Wildman–Crippen LogP) is 2.64. The minimum absolute atomic E-state index is 0.360. The molecule has 19 heavy (non-hydrogen) atoms. The Hall–Kier alpha value is -1.81. The molecule has 0 saturated carbocycles. The van der Waals surface area contributed by atoms with E-state index < -0.39 is 0 Å². The summed E-state index contributed by atoms with van der Waals surface area (Å²) in [6.45, 7) is 5.72. The summed E-state index contributed by atoms with van der Waals surface area (Å²) in [5, 5.41) is 10.9. The van der Waals surface area contributed by atoms with Crippen molar-refractivity contribution < 1.29 is 4.74 Å². The summed E-state index contributed by atoms with van der Waals surface area (Å²) in [6.07, 6.45) is 1.01. The standard InChI is InChI=1S/C15H19N3O/c1-10-13(11(2)18-17-10)9-16-14-7-8-19-15-6-4-3-5-12(14)15/h3-6,14,16H,7-9H2,1-2H3,(H,17,18)/t14-/m1/s1. The van der Waals surface area contributed by atoms with Crippen molar-refractivity contribution >= 4 is 0 Å². The van der Waals surface area contributed by atoms with Crippen molar-refractivity contribution in [2.45, 2.75) is 32.9 Å². The highest BCUT2D eigenvalue weighted by atomic mass is 16.5. The minimum atomic E-state index is 0.360. The Bertz CT molecular complexity index is 557. The van der Waals surface area contributed by atoms with Gasteiger partial charge in [-0.25, -0.2) is 0 Å². The summed E-state index contributed by atoms with van der Waals surface area (Å²) in [7, 11) is 0. The Morgan fingerprint density at radius 1 is 1.37 bits per heavy atom. The third-order valence-electron chi connectivity index (χ3n) is 3.76. The van der Waals surface area contributed by atoms with Gasteiger partial charge < -0.3 is 10.1 Å². The van der Waals surface area contributed by atoms with Gasteiger partial charge in [-0.2, -0.15) is 5.10 Å². The summed E-state index contributed by atoms with van der Waals surface area (Å²) in [5.74, 6) is 1.01. The molecule has 0 bridgehead atoms. The summed E-state index contributed by atoms with van der Waals surface area (Å²) in [5.41, 5.74) is 4.74. The molecular formula is C15H19N3O. The first-order valence-electron chi connectivity index (χ1n) is 6.71. The van der Waals surface area contributed by atoms with Gasteiger partial charge in [-0.05, 0) is 19.9 Å². The van der Waals surface area contributed by atoms with Gasteiger partial charge in [0, 0.05) is 35.8 Å². The van der Waals surface area contributed by atoms with Gasteiger partial charge in [0.1, 0.15) is 5.75 Å². The Kier molecular flexibility index (Phi) is 3.25. The molecule has 2 heterocycles. The SMILES string of the molecule is Cc1n[nH]c(C)c1CN[C@@H]1CCOc2ccccc21. The molecule has 1 aliphatic rings. The molecule has 0 spiro atoms. The van der Waals surface area contributed by atoms with Crippen molar-refractivity contribution in [2.75, 3.05) is 6.61 Å². The van der Waals surface area contributed by atoms with Crippen LogP contribution in [0, 0.1) is 13.8 Å². The molecule has 0 saturated heterocycles. The molecule has 1 atom stereocenters. The minimum Gasteiger partial charge on any atom is -0.493 e. The molecule has 4 heteroatoms. The molecule has 1 aliphatic heterocycles. The number of H-pyrrole nitrogens is 1. The van der Waals surface area contributed by atoms with Crippen LogP contribution in [0.3, 0.4) is 0 Å². The Labute approximate surface area is 113 Å². The maximum Gasteiger partial charge on any atom is 0.124 e. The van der Waals surface area contributed by atoms with E-state index in [9.17, 15) is 0 Å². The number of hydrogen-bond donors (Lipinski definition) is 2. The number of fused-ring (bicyclic) bond motifs is 1. The van der Waals surface area contributed by atoms with E-state index in [0.29, 0.717) is 6.04 Å². The van der Waals surface area contributed by atoms with Gasteiger partial charge in [-0.3, -0.25) is 5.10 Å². The Morgan fingerprint density at radius 3 is 3.00 bits per heavy atom. The van der Waals surface area contributed by atoms with Gasteiger partial charge >= 0.3 is 0 Å². The van der Waals surface area contributed by atoms with Gasteiger partial charge in [0.05, 0.1) is 12.3 Å². The van der Waals surface area contributed by atoms with E-state index in [1.807, 2.05) is 19.1 Å². The lowest BCUT2D eigenvalue weighted by Crippen LogP contribution is -2.27. The molecule has 0 aliphatic carbocycles. The van der Waals surface area contributed by atoms with Crippen molar-refractivity contribution in [3.63, 3.8) is 0 Å². The lowest BCUT2D eigenvalue weighted by molar-refractivity contribution is 0.252. The van der Waals surface area contributed by atoms with Crippen LogP contribution in [0.5, 0.6) is 5.75 Å². The fraction of sp³-hybridized carbons (Fsp3) is 0.400. The topological polar surface area (TPSA) is 49.9 Å². The number of ether oxygens (including phenoxy) is 1. The van der Waals surface area contributed by atoms with Crippen molar-refractivity contribution in [1.82, 2.24) is 15.5 Å². The van der Waals surface area contributed by atoms with E-state index in [1.165, 1.54) is 11.1 Å². The van der Waals surface area contributed by atoms with E-state index >= 15 is 0 Å². The first-order valence-corrected chi connectivity index (χ1v) is 6.71. The van der Waals surface area contributed by atoms with Gasteiger partial charge in [0.2, 0.25) is 0 Å². The summed E-state index contributed by atoms with van der Waals surface area (Å²) < 4.78 is 5.68. The Balaban J connectivity index is 1.75. The predicted molar refractivity (Wildman–Crippen MR) is 74.2 cm³/mol. The van der Waals surface area contributed by atoms with Gasteiger partial charge in [-0.15, -0.1) is 0 Å². The molecule has 1 aromatic carbocycles. The first-order chi connectivity index (χ1) is 9.25. The van der Waals surface area contributed by atoms with Crippen LogP contribution < -0.4 is 10.1 Å². The number of benzene rings is 1. The molecule has 0 unspecified atom stereocenters. The van der Waals surface area contributed by atoms with Crippen molar-refractivity contribution in [3.05, 3.63) is 46.8 Å².